The van der Waals surface area contributed by atoms with Gasteiger partial charge in [0.1, 0.15) is 28.9 Å². The Kier molecular flexibility index (Phi) is 5.14. The van der Waals surface area contributed by atoms with E-state index in [9.17, 15) is 12.8 Å². The highest BCUT2D eigenvalue weighted by Gasteiger charge is 2.32. The number of hydrogen-bond acceptors (Lipinski definition) is 6. The maximum atomic E-state index is 13.5. The quantitative estimate of drug-likeness (QED) is 0.802. The molecule has 3 rings (SSSR count). The average molecular weight is 367 g/mol. The number of hydrogen-bond donors (Lipinski definition) is 0. The summed E-state index contributed by atoms with van der Waals surface area (Å²) in [5.74, 6) is -0.0368. The minimum Gasteiger partial charge on any atom is -0.495 e. The molecule has 0 radical (unpaired) electrons. The van der Waals surface area contributed by atoms with Gasteiger partial charge in [-0.15, -0.1) is 0 Å². The first-order valence-electron chi connectivity index (χ1n) is 7.77. The molecule has 134 valence electrons. The van der Waals surface area contributed by atoms with Gasteiger partial charge in [-0.25, -0.2) is 22.8 Å². The van der Waals surface area contributed by atoms with E-state index in [0.717, 1.165) is 6.07 Å². The monoisotopic (exact) mass is 367 g/mol. The lowest BCUT2D eigenvalue weighted by Gasteiger charge is -2.31. The van der Waals surface area contributed by atoms with Gasteiger partial charge in [0.2, 0.25) is 15.9 Å². The van der Waals surface area contributed by atoms with Crippen molar-refractivity contribution in [3.05, 3.63) is 42.6 Å². The molecule has 0 atom stereocenters. The Labute approximate surface area is 145 Å². The van der Waals surface area contributed by atoms with E-state index in [0.29, 0.717) is 18.7 Å². The summed E-state index contributed by atoms with van der Waals surface area (Å²) < 4.78 is 51.2. The highest BCUT2D eigenvalue weighted by molar-refractivity contribution is 7.89. The number of halogens is 1. The molecule has 1 aromatic carbocycles. The Morgan fingerprint density at radius 2 is 2.00 bits per heavy atom. The van der Waals surface area contributed by atoms with Crippen molar-refractivity contribution in [1.82, 2.24) is 14.3 Å². The van der Waals surface area contributed by atoms with Gasteiger partial charge in [-0.1, -0.05) is 0 Å². The molecule has 1 aliphatic heterocycles. The van der Waals surface area contributed by atoms with Crippen LogP contribution in [-0.4, -0.2) is 49.0 Å². The molecule has 25 heavy (non-hydrogen) atoms. The van der Waals surface area contributed by atoms with E-state index in [1.54, 1.807) is 12.3 Å². The Morgan fingerprint density at radius 1 is 1.24 bits per heavy atom. The van der Waals surface area contributed by atoms with E-state index in [-0.39, 0.29) is 29.8 Å². The lowest BCUT2D eigenvalue weighted by Crippen LogP contribution is -2.41. The Hall–Kier alpha value is -2.26. The van der Waals surface area contributed by atoms with Crippen molar-refractivity contribution in [3.8, 4) is 11.6 Å². The normalized spacial score (nSPS) is 16.6. The van der Waals surface area contributed by atoms with Gasteiger partial charge in [0, 0.05) is 25.4 Å². The summed E-state index contributed by atoms with van der Waals surface area (Å²) in [6, 6.07) is 5.12. The fourth-order valence-corrected chi connectivity index (χ4v) is 4.34. The molecule has 7 nitrogen and oxygen atoms in total. The molecule has 0 amide bonds. The van der Waals surface area contributed by atoms with Crippen LogP contribution in [0.1, 0.15) is 12.8 Å². The van der Waals surface area contributed by atoms with Crippen LogP contribution in [0.25, 0.3) is 0 Å². The van der Waals surface area contributed by atoms with E-state index >= 15 is 0 Å². The Bertz CT molecular complexity index is 825. The standard InChI is InChI=1S/C16H18FN3O4S/c1-23-14-3-2-12(17)10-15(14)25(21,22)20-8-5-13(6-9-20)24-16-4-7-18-11-19-16/h2-4,7,10-11,13H,5-6,8-9H2,1H3. The summed E-state index contributed by atoms with van der Waals surface area (Å²) >= 11 is 0. The van der Waals surface area contributed by atoms with Crippen LogP contribution in [0.4, 0.5) is 4.39 Å². The number of nitrogens with zero attached hydrogens (tertiary/aromatic N) is 3. The van der Waals surface area contributed by atoms with Crippen LogP contribution in [0, 0.1) is 5.82 Å². The van der Waals surface area contributed by atoms with Crippen LogP contribution < -0.4 is 9.47 Å². The fourth-order valence-electron chi connectivity index (χ4n) is 2.70. The first kappa shape index (κ1) is 17.6. The third-order valence-corrected chi connectivity index (χ3v) is 5.91. The summed E-state index contributed by atoms with van der Waals surface area (Å²) in [5.41, 5.74) is 0. The summed E-state index contributed by atoms with van der Waals surface area (Å²) in [6.07, 6.45) is 3.88. The summed E-state index contributed by atoms with van der Waals surface area (Å²) in [5, 5.41) is 0. The smallest absolute Gasteiger partial charge is 0.246 e. The highest BCUT2D eigenvalue weighted by atomic mass is 32.2. The van der Waals surface area contributed by atoms with Gasteiger partial charge < -0.3 is 9.47 Å². The zero-order valence-electron chi connectivity index (χ0n) is 13.6. The van der Waals surface area contributed by atoms with Crippen LogP contribution in [-0.2, 0) is 10.0 Å². The molecule has 9 heteroatoms. The molecule has 0 spiro atoms. The first-order valence-corrected chi connectivity index (χ1v) is 9.21. The second kappa shape index (κ2) is 7.32. The Balaban J connectivity index is 1.71. The third kappa shape index (κ3) is 3.88. The van der Waals surface area contributed by atoms with Crippen molar-refractivity contribution < 1.29 is 22.3 Å². The molecule has 1 aliphatic rings. The van der Waals surface area contributed by atoms with Crippen molar-refractivity contribution in [2.75, 3.05) is 20.2 Å². The van der Waals surface area contributed by atoms with Crippen LogP contribution in [0.5, 0.6) is 11.6 Å². The fraction of sp³-hybridized carbons (Fsp3) is 0.375. The van der Waals surface area contributed by atoms with Gasteiger partial charge >= 0.3 is 0 Å². The van der Waals surface area contributed by atoms with Crippen LogP contribution in [0.15, 0.2) is 41.7 Å². The molecule has 0 bridgehead atoms. The lowest BCUT2D eigenvalue weighted by molar-refractivity contribution is 0.129. The molecule has 2 heterocycles. The number of sulfonamides is 1. The van der Waals surface area contributed by atoms with Gasteiger partial charge in [-0.2, -0.15) is 4.31 Å². The second-order valence-electron chi connectivity index (χ2n) is 5.56. The largest absolute Gasteiger partial charge is 0.495 e. The van der Waals surface area contributed by atoms with Crippen molar-refractivity contribution in [2.24, 2.45) is 0 Å². The van der Waals surface area contributed by atoms with E-state index < -0.39 is 15.8 Å². The zero-order valence-corrected chi connectivity index (χ0v) is 14.4. The molecular weight excluding hydrogens is 349 g/mol. The molecular formula is C16H18FN3O4S. The van der Waals surface area contributed by atoms with Gasteiger partial charge in [-0.05, 0) is 31.0 Å². The highest BCUT2D eigenvalue weighted by Crippen LogP contribution is 2.29. The number of piperidine rings is 1. The number of ether oxygens (including phenoxy) is 2. The number of methoxy groups -OCH3 is 1. The van der Waals surface area contributed by atoms with Gasteiger partial charge in [0.05, 0.1) is 7.11 Å². The molecule has 1 fully saturated rings. The van der Waals surface area contributed by atoms with Gasteiger partial charge in [-0.3, -0.25) is 0 Å². The molecule has 0 aliphatic carbocycles. The second-order valence-corrected chi connectivity index (χ2v) is 7.47. The molecule has 0 saturated carbocycles. The van der Waals surface area contributed by atoms with Crippen molar-refractivity contribution in [3.63, 3.8) is 0 Å². The lowest BCUT2D eigenvalue weighted by atomic mass is 10.1. The average Bonchev–Trinajstić information content (AvgIpc) is 2.63. The number of rotatable bonds is 5. The van der Waals surface area contributed by atoms with Gasteiger partial charge in [0.25, 0.3) is 0 Å². The molecule has 0 N–H and O–H groups in total. The summed E-state index contributed by atoms with van der Waals surface area (Å²) in [7, 11) is -2.48. The SMILES string of the molecule is COc1ccc(F)cc1S(=O)(=O)N1CCC(Oc2ccncn2)CC1. The topological polar surface area (TPSA) is 81.6 Å². The predicted octanol–water partition coefficient (Wildman–Crippen LogP) is 1.86. The van der Waals surface area contributed by atoms with Crippen LogP contribution in [0.3, 0.4) is 0 Å². The van der Waals surface area contributed by atoms with Crippen molar-refractivity contribution in [2.45, 2.75) is 23.8 Å². The van der Waals surface area contributed by atoms with Crippen LogP contribution in [0.2, 0.25) is 0 Å². The maximum Gasteiger partial charge on any atom is 0.246 e. The molecule has 1 saturated heterocycles. The number of benzene rings is 1. The van der Waals surface area contributed by atoms with Crippen molar-refractivity contribution in [1.29, 1.82) is 0 Å². The molecule has 1 aromatic heterocycles. The summed E-state index contributed by atoms with van der Waals surface area (Å²) in [4.78, 5) is 7.65. The third-order valence-electron chi connectivity index (χ3n) is 3.99. The summed E-state index contributed by atoms with van der Waals surface area (Å²) in [6.45, 7) is 0.551. The molecule has 0 unspecified atom stereocenters. The van der Waals surface area contributed by atoms with Crippen LogP contribution >= 0.6 is 0 Å². The van der Waals surface area contributed by atoms with Crippen molar-refractivity contribution >= 4 is 10.0 Å². The maximum absolute atomic E-state index is 13.5. The van der Waals surface area contributed by atoms with E-state index in [2.05, 4.69) is 9.97 Å². The van der Waals surface area contributed by atoms with E-state index in [4.69, 9.17) is 9.47 Å². The minimum atomic E-state index is -3.84. The number of aromatic nitrogens is 2. The zero-order chi connectivity index (χ0) is 17.9. The van der Waals surface area contributed by atoms with E-state index in [1.165, 1.54) is 29.9 Å². The minimum absolute atomic E-state index is 0.126. The molecule has 2 aromatic rings. The van der Waals surface area contributed by atoms with E-state index in [1.807, 2.05) is 0 Å². The van der Waals surface area contributed by atoms with Gasteiger partial charge in [0.15, 0.2) is 0 Å². The first-order chi connectivity index (χ1) is 12.0. The Morgan fingerprint density at radius 3 is 2.64 bits per heavy atom. The predicted molar refractivity (Wildman–Crippen MR) is 87.4 cm³/mol.